The van der Waals surface area contributed by atoms with Crippen molar-refractivity contribution in [2.45, 2.75) is 6.42 Å². The third kappa shape index (κ3) is 3.14. The number of hydrogen-bond acceptors (Lipinski definition) is 5. The fraction of sp³-hybridized carbons (Fsp3) is 0.105. The smallest absolute Gasteiger partial charge is 0.259 e. The molecule has 1 amide bonds. The molecule has 3 aromatic heterocycles. The third-order valence-electron chi connectivity index (χ3n) is 4.05. The second kappa shape index (κ2) is 6.72. The Morgan fingerprint density at radius 2 is 1.85 bits per heavy atom. The maximum atomic E-state index is 12.7. The fourth-order valence-corrected chi connectivity index (χ4v) is 2.78. The van der Waals surface area contributed by atoms with E-state index in [0.717, 1.165) is 12.0 Å². The van der Waals surface area contributed by atoms with Crippen molar-refractivity contribution in [3.05, 3.63) is 77.6 Å². The summed E-state index contributed by atoms with van der Waals surface area (Å²) in [5, 5.41) is 10.8. The SMILES string of the molecule is Cn1nnc2c(C(=O)Nc3cc(Cc4ccccc4)ccn3)ccnc21. The molecule has 1 aromatic carbocycles. The van der Waals surface area contributed by atoms with E-state index in [4.69, 9.17) is 0 Å². The van der Waals surface area contributed by atoms with Gasteiger partial charge in [-0.2, -0.15) is 0 Å². The number of nitrogens with one attached hydrogen (secondary N) is 1. The van der Waals surface area contributed by atoms with E-state index >= 15 is 0 Å². The average molecular weight is 344 g/mol. The van der Waals surface area contributed by atoms with Crippen LogP contribution in [0.4, 0.5) is 5.82 Å². The first-order valence-corrected chi connectivity index (χ1v) is 8.15. The molecule has 1 N–H and O–H groups in total. The molecule has 0 radical (unpaired) electrons. The quantitative estimate of drug-likeness (QED) is 0.615. The van der Waals surface area contributed by atoms with Gasteiger partial charge in [-0.15, -0.1) is 5.10 Å². The van der Waals surface area contributed by atoms with Gasteiger partial charge in [0.2, 0.25) is 0 Å². The van der Waals surface area contributed by atoms with E-state index in [9.17, 15) is 4.79 Å². The zero-order valence-corrected chi connectivity index (χ0v) is 14.1. The van der Waals surface area contributed by atoms with Crippen molar-refractivity contribution < 1.29 is 4.79 Å². The molecule has 0 spiro atoms. The summed E-state index contributed by atoms with van der Waals surface area (Å²) in [6.45, 7) is 0. The highest BCUT2D eigenvalue weighted by Gasteiger charge is 2.15. The highest BCUT2D eigenvalue weighted by atomic mass is 16.1. The van der Waals surface area contributed by atoms with Crippen LogP contribution in [0.2, 0.25) is 0 Å². The molecular formula is C19H16N6O. The first-order chi connectivity index (χ1) is 12.7. The van der Waals surface area contributed by atoms with Crippen LogP contribution in [0, 0.1) is 0 Å². The largest absolute Gasteiger partial charge is 0.306 e. The van der Waals surface area contributed by atoms with Gasteiger partial charge in [0.15, 0.2) is 5.65 Å². The average Bonchev–Trinajstić information content (AvgIpc) is 3.04. The molecule has 7 nitrogen and oxygen atoms in total. The lowest BCUT2D eigenvalue weighted by Gasteiger charge is -2.07. The number of hydrogen-bond donors (Lipinski definition) is 1. The molecule has 7 heteroatoms. The molecule has 0 bridgehead atoms. The van der Waals surface area contributed by atoms with Crippen molar-refractivity contribution in [1.82, 2.24) is 25.0 Å². The van der Waals surface area contributed by atoms with Gasteiger partial charge in [-0.05, 0) is 35.7 Å². The first-order valence-electron chi connectivity index (χ1n) is 8.15. The van der Waals surface area contributed by atoms with Gasteiger partial charge in [0, 0.05) is 19.4 Å². The Morgan fingerprint density at radius 3 is 2.69 bits per heavy atom. The summed E-state index contributed by atoms with van der Waals surface area (Å²) < 4.78 is 1.53. The molecule has 0 atom stereocenters. The van der Waals surface area contributed by atoms with Crippen LogP contribution in [-0.2, 0) is 13.5 Å². The lowest BCUT2D eigenvalue weighted by atomic mass is 10.1. The van der Waals surface area contributed by atoms with E-state index in [1.807, 2.05) is 30.3 Å². The molecule has 0 aliphatic heterocycles. The minimum absolute atomic E-state index is 0.290. The van der Waals surface area contributed by atoms with Crippen LogP contribution in [0.25, 0.3) is 11.2 Å². The number of pyridine rings is 2. The van der Waals surface area contributed by atoms with Crippen LogP contribution in [0.15, 0.2) is 60.9 Å². The van der Waals surface area contributed by atoms with Gasteiger partial charge in [-0.3, -0.25) is 4.79 Å². The Bertz CT molecular complexity index is 1070. The highest BCUT2D eigenvalue weighted by Crippen LogP contribution is 2.16. The Morgan fingerprint density at radius 1 is 1.04 bits per heavy atom. The Balaban J connectivity index is 1.57. The summed E-state index contributed by atoms with van der Waals surface area (Å²) >= 11 is 0. The molecule has 26 heavy (non-hydrogen) atoms. The second-order valence-electron chi connectivity index (χ2n) is 5.91. The zero-order chi connectivity index (χ0) is 17.9. The van der Waals surface area contributed by atoms with Crippen LogP contribution in [-0.4, -0.2) is 30.9 Å². The number of nitrogens with zero attached hydrogens (tertiary/aromatic N) is 5. The topological polar surface area (TPSA) is 85.6 Å². The minimum Gasteiger partial charge on any atom is -0.306 e. The van der Waals surface area contributed by atoms with Crippen molar-refractivity contribution in [1.29, 1.82) is 0 Å². The van der Waals surface area contributed by atoms with Crippen LogP contribution in [0.1, 0.15) is 21.5 Å². The van der Waals surface area contributed by atoms with E-state index in [-0.39, 0.29) is 5.91 Å². The third-order valence-corrected chi connectivity index (χ3v) is 4.05. The molecule has 3 heterocycles. The normalized spacial score (nSPS) is 10.8. The molecule has 0 unspecified atom stereocenters. The standard InChI is InChI=1S/C19H16N6O/c1-25-18-17(23-24-25)15(8-10-21-18)19(26)22-16-12-14(7-9-20-16)11-13-5-3-2-4-6-13/h2-10,12H,11H2,1H3,(H,20,22,26). The summed E-state index contributed by atoms with van der Waals surface area (Å²) in [5.74, 6) is 0.208. The molecule has 0 aliphatic rings. The molecule has 4 rings (SSSR count). The summed E-state index contributed by atoms with van der Waals surface area (Å²) in [5.41, 5.74) is 3.71. The summed E-state index contributed by atoms with van der Waals surface area (Å²) in [7, 11) is 1.73. The monoisotopic (exact) mass is 344 g/mol. The lowest BCUT2D eigenvalue weighted by molar-refractivity contribution is 0.102. The van der Waals surface area contributed by atoms with Crippen molar-refractivity contribution in [2.75, 3.05) is 5.32 Å². The van der Waals surface area contributed by atoms with Gasteiger partial charge in [0.05, 0.1) is 5.56 Å². The Kier molecular flexibility index (Phi) is 4.10. The summed E-state index contributed by atoms with van der Waals surface area (Å²) in [4.78, 5) is 21.1. The van der Waals surface area contributed by atoms with E-state index in [0.29, 0.717) is 22.5 Å². The van der Waals surface area contributed by atoms with Gasteiger partial charge in [-0.1, -0.05) is 35.5 Å². The molecular weight excluding hydrogens is 328 g/mol. The Labute approximate surface area is 149 Å². The number of carbonyl (C=O) groups excluding carboxylic acids is 1. The fourth-order valence-electron chi connectivity index (χ4n) is 2.78. The molecule has 4 aromatic rings. The van der Waals surface area contributed by atoms with Crippen LogP contribution >= 0.6 is 0 Å². The molecule has 0 saturated carbocycles. The summed E-state index contributed by atoms with van der Waals surface area (Å²) in [6, 6.07) is 15.6. The predicted molar refractivity (Wildman–Crippen MR) is 97.7 cm³/mol. The van der Waals surface area contributed by atoms with E-state index in [1.54, 1.807) is 25.5 Å². The molecule has 0 fully saturated rings. The van der Waals surface area contributed by atoms with Crippen molar-refractivity contribution >= 4 is 22.9 Å². The van der Waals surface area contributed by atoms with Crippen LogP contribution in [0.5, 0.6) is 0 Å². The molecule has 128 valence electrons. The van der Waals surface area contributed by atoms with Gasteiger partial charge >= 0.3 is 0 Å². The van der Waals surface area contributed by atoms with Gasteiger partial charge in [0.25, 0.3) is 5.91 Å². The van der Waals surface area contributed by atoms with Gasteiger partial charge < -0.3 is 5.32 Å². The Hall–Kier alpha value is -3.61. The van der Waals surface area contributed by atoms with Gasteiger partial charge in [0.1, 0.15) is 11.3 Å². The summed E-state index contributed by atoms with van der Waals surface area (Å²) in [6.07, 6.45) is 4.04. The highest BCUT2D eigenvalue weighted by molar-refractivity contribution is 6.10. The zero-order valence-electron chi connectivity index (χ0n) is 14.1. The molecule has 0 aliphatic carbocycles. The number of aryl methyl sites for hydroxylation is 1. The molecule has 0 saturated heterocycles. The second-order valence-corrected chi connectivity index (χ2v) is 5.91. The lowest BCUT2D eigenvalue weighted by Crippen LogP contribution is -2.14. The maximum Gasteiger partial charge on any atom is 0.259 e. The number of aromatic nitrogens is 5. The van der Waals surface area contributed by atoms with E-state index < -0.39 is 0 Å². The van der Waals surface area contributed by atoms with E-state index in [2.05, 4.69) is 37.7 Å². The number of fused-ring (bicyclic) bond motifs is 1. The number of anilines is 1. The first kappa shape index (κ1) is 15.9. The van der Waals surface area contributed by atoms with Crippen molar-refractivity contribution in [3.8, 4) is 0 Å². The maximum absolute atomic E-state index is 12.7. The van der Waals surface area contributed by atoms with Crippen molar-refractivity contribution in [3.63, 3.8) is 0 Å². The van der Waals surface area contributed by atoms with E-state index in [1.165, 1.54) is 10.2 Å². The van der Waals surface area contributed by atoms with Crippen LogP contribution in [0.3, 0.4) is 0 Å². The number of rotatable bonds is 4. The van der Waals surface area contributed by atoms with Gasteiger partial charge in [-0.25, -0.2) is 14.6 Å². The predicted octanol–water partition coefficient (Wildman–Crippen LogP) is 2.60. The minimum atomic E-state index is -0.290. The van der Waals surface area contributed by atoms with Crippen LogP contribution < -0.4 is 5.32 Å². The number of carbonyl (C=O) groups is 1. The number of benzene rings is 1. The van der Waals surface area contributed by atoms with Crippen molar-refractivity contribution in [2.24, 2.45) is 7.05 Å². The number of amides is 1.